The van der Waals surface area contributed by atoms with Crippen molar-refractivity contribution in [3.63, 3.8) is 0 Å². The normalized spacial score (nSPS) is 20.5. The van der Waals surface area contributed by atoms with Gasteiger partial charge in [0, 0.05) is 16.9 Å². The van der Waals surface area contributed by atoms with E-state index in [1.807, 2.05) is 0 Å². The standard InChI is InChI=1S/C19H26BrNO4S/c1-2-25-19(22)7-5-3-4-6-15-8-11-17(14-15)21-26(23,24)18-12-9-16(20)10-13-18/h4,6,9-10,12-13,15,17,21H,2-3,5,7-8,11,14H2,1H3. The van der Waals surface area contributed by atoms with Gasteiger partial charge in [-0.3, -0.25) is 4.79 Å². The second-order valence-electron chi connectivity index (χ2n) is 6.47. The molecule has 26 heavy (non-hydrogen) atoms. The van der Waals surface area contributed by atoms with Crippen LogP contribution in [0.1, 0.15) is 45.4 Å². The minimum atomic E-state index is -3.47. The highest BCUT2D eigenvalue weighted by atomic mass is 79.9. The van der Waals surface area contributed by atoms with Crippen molar-refractivity contribution in [2.45, 2.75) is 56.4 Å². The average Bonchev–Trinajstić information content (AvgIpc) is 3.02. The smallest absolute Gasteiger partial charge is 0.305 e. The lowest BCUT2D eigenvalue weighted by atomic mass is 10.1. The Kier molecular flexibility index (Phi) is 8.31. The van der Waals surface area contributed by atoms with E-state index in [2.05, 4.69) is 32.8 Å². The molecule has 144 valence electrons. The maximum Gasteiger partial charge on any atom is 0.305 e. The monoisotopic (exact) mass is 443 g/mol. The molecular formula is C19H26BrNO4S. The number of esters is 1. The summed E-state index contributed by atoms with van der Waals surface area (Å²) in [6.07, 6.45) is 8.93. The van der Waals surface area contributed by atoms with Gasteiger partial charge < -0.3 is 4.74 Å². The molecule has 5 nitrogen and oxygen atoms in total. The molecule has 1 saturated carbocycles. The van der Waals surface area contributed by atoms with Crippen LogP contribution in [0.5, 0.6) is 0 Å². The number of nitrogens with one attached hydrogen (secondary N) is 1. The molecule has 0 aliphatic heterocycles. The van der Waals surface area contributed by atoms with Crippen molar-refractivity contribution in [2.75, 3.05) is 6.61 Å². The van der Waals surface area contributed by atoms with Crippen molar-refractivity contribution in [3.8, 4) is 0 Å². The first-order chi connectivity index (χ1) is 12.4. The predicted molar refractivity (Wildman–Crippen MR) is 105 cm³/mol. The molecule has 7 heteroatoms. The first-order valence-electron chi connectivity index (χ1n) is 9.01. The lowest BCUT2D eigenvalue weighted by Crippen LogP contribution is -2.32. The molecule has 0 radical (unpaired) electrons. The number of carbonyl (C=O) groups is 1. The molecule has 0 bridgehead atoms. The summed E-state index contributed by atoms with van der Waals surface area (Å²) in [4.78, 5) is 11.6. The molecular weight excluding hydrogens is 418 g/mol. The molecule has 1 aromatic rings. The molecule has 0 spiro atoms. The van der Waals surface area contributed by atoms with Gasteiger partial charge in [-0.1, -0.05) is 28.1 Å². The van der Waals surface area contributed by atoms with E-state index in [1.54, 1.807) is 31.2 Å². The molecule has 0 saturated heterocycles. The fourth-order valence-electron chi connectivity index (χ4n) is 3.09. The summed E-state index contributed by atoms with van der Waals surface area (Å²) in [5.74, 6) is 0.236. The number of hydrogen-bond donors (Lipinski definition) is 1. The van der Waals surface area contributed by atoms with Gasteiger partial charge in [0.25, 0.3) is 0 Å². The van der Waals surface area contributed by atoms with E-state index in [9.17, 15) is 13.2 Å². The fraction of sp³-hybridized carbons (Fsp3) is 0.526. The van der Waals surface area contributed by atoms with Gasteiger partial charge in [0.2, 0.25) is 10.0 Å². The summed E-state index contributed by atoms with van der Waals surface area (Å²) in [5, 5.41) is 0. The SMILES string of the molecule is CCOC(=O)CCCC=CC1CCC(NS(=O)(=O)c2ccc(Br)cc2)C1. The van der Waals surface area contributed by atoms with Crippen molar-refractivity contribution in [2.24, 2.45) is 5.92 Å². The molecule has 2 atom stereocenters. The van der Waals surface area contributed by atoms with Crippen LogP contribution in [0.25, 0.3) is 0 Å². The van der Waals surface area contributed by atoms with Crippen LogP contribution in [0.4, 0.5) is 0 Å². The average molecular weight is 444 g/mol. The van der Waals surface area contributed by atoms with Gasteiger partial charge in [0.1, 0.15) is 0 Å². The molecule has 1 N–H and O–H groups in total. The molecule has 1 fully saturated rings. The van der Waals surface area contributed by atoms with Crippen molar-refractivity contribution in [1.29, 1.82) is 0 Å². The number of ether oxygens (including phenoxy) is 1. The van der Waals surface area contributed by atoms with Crippen LogP contribution in [-0.4, -0.2) is 27.0 Å². The van der Waals surface area contributed by atoms with E-state index in [4.69, 9.17) is 4.74 Å². The number of sulfonamides is 1. The molecule has 1 aliphatic carbocycles. The van der Waals surface area contributed by atoms with E-state index in [-0.39, 0.29) is 12.0 Å². The molecule has 0 heterocycles. The minimum Gasteiger partial charge on any atom is -0.466 e. The third kappa shape index (κ3) is 6.85. The zero-order valence-electron chi connectivity index (χ0n) is 15.0. The van der Waals surface area contributed by atoms with Crippen molar-refractivity contribution < 1.29 is 17.9 Å². The van der Waals surface area contributed by atoms with Crippen LogP contribution in [-0.2, 0) is 19.6 Å². The second-order valence-corrected chi connectivity index (χ2v) is 9.10. The Bertz CT molecular complexity index is 716. The first-order valence-corrected chi connectivity index (χ1v) is 11.3. The highest BCUT2D eigenvalue weighted by molar-refractivity contribution is 9.10. The Hall–Kier alpha value is -1.18. The van der Waals surface area contributed by atoms with Gasteiger partial charge in [-0.15, -0.1) is 0 Å². The van der Waals surface area contributed by atoms with E-state index in [0.717, 1.165) is 36.6 Å². The maximum absolute atomic E-state index is 12.4. The minimum absolute atomic E-state index is 0.0298. The quantitative estimate of drug-likeness (QED) is 0.352. The maximum atomic E-state index is 12.4. The largest absolute Gasteiger partial charge is 0.466 e. The van der Waals surface area contributed by atoms with Gasteiger partial charge in [-0.05, 0) is 69.2 Å². The Labute approximate surface area is 164 Å². The van der Waals surface area contributed by atoms with Crippen molar-refractivity contribution in [3.05, 3.63) is 40.9 Å². The van der Waals surface area contributed by atoms with Crippen LogP contribution in [0.2, 0.25) is 0 Å². The number of benzene rings is 1. The van der Waals surface area contributed by atoms with E-state index >= 15 is 0 Å². The molecule has 2 rings (SSSR count). The van der Waals surface area contributed by atoms with Crippen LogP contribution in [0.3, 0.4) is 0 Å². The second kappa shape index (κ2) is 10.2. The summed E-state index contributed by atoms with van der Waals surface area (Å²) < 4.78 is 33.4. The number of unbranched alkanes of at least 4 members (excludes halogenated alkanes) is 1. The van der Waals surface area contributed by atoms with Gasteiger partial charge in [0.05, 0.1) is 11.5 Å². The molecule has 0 amide bonds. The zero-order valence-corrected chi connectivity index (χ0v) is 17.4. The lowest BCUT2D eigenvalue weighted by molar-refractivity contribution is -0.143. The number of hydrogen-bond acceptors (Lipinski definition) is 4. The summed E-state index contributed by atoms with van der Waals surface area (Å²) in [5.41, 5.74) is 0. The third-order valence-electron chi connectivity index (χ3n) is 4.38. The Morgan fingerprint density at radius 3 is 2.73 bits per heavy atom. The predicted octanol–water partition coefficient (Wildman–Crippen LogP) is 4.19. The highest BCUT2D eigenvalue weighted by Gasteiger charge is 2.27. The summed E-state index contributed by atoms with van der Waals surface area (Å²) in [6, 6.07) is 6.62. The van der Waals surface area contributed by atoms with Crippen LogP contribution in [0, 0.1) is 5.92 Å². The molecule has 2 unspecified atom stereocenters. The molecule has 0 aromatic heterocycles. The lowest BCUT2D eigenvalue weighted by Gasteiger charge is -2.13. The number of rotatable bonds is 9. The zero-order chi connectivity index (χ0) is 19.0. The van der Waals surface area contributed by atoms with Crippen LogP contribution < -0.4 is 4.72 Å². The fourth-order valence-corrected chi connectivity index (χ4v) is 4.63. The van der Waals surface area contributed by atoms with Gasteiger partial charge >= 0.3 is 5.97 Å². The third-order valence-corrected chi connectivity index (χ3v) is 6.45. The van der Waals surface area contributed by atoms with Crippen LogP contribution >= 0.6 is 15.9 Å². The Morgan fingerprint density at radius 2 is 2.04 bits per heavy atom. The van der Waals surface area contributed by atoms with E-state index < -0.39 is 10.0 Å². The van der Waals surface area contributed by atoms with Crippen molar-refractivity contribution >= 4 is 31.9 Å². The van der Waals surface area contributed by atoms with Gasteiger partial charge in [-0.25, -0.2) is 13.1 Å². The van der Waals surface area contributed by atoms with Gasteiger partial charge in [-0.2, -0.15) is 0 Å². The van der Waals surface area contributed by atoms with Crippen LogP contribution in [0.15, 0.2) is 45.8 Å². The van der Waals surface area contributed by atoms with Crippen molar-refractivity contribution in [1.82, 2.24) is 4.72 Å². The summed E-state index contributed by atoms with van der Waals surface area (Å²) in [6.45, 7) is 2.23. The van der Waals surface area contributed by atoms with E-state index in [0.29, 0.717) is 23.8 Å². The molecule has 1 aromatic carbocycles. The summed E-state index contributed by atoms with van der Waals surface area (Å²) >= 11 is 3.31. The topological polar surface area (TPSA) is 72.5 Å². The Balaban J connectivity index is 1.75. The number of carbonyl (C=O) groups excluding carboxylic acids is 1. The highest BCUT2D eigenvalue weighted by Crippen LogP contribution is 2.28. The van der Waals surface area contributed by atoms with E-state index in [1.165, 1.54) is 0 Å². The van der Waals surface area contributed by atoms with Gasteiger partial charge in [0.15, 0.2) is 0 Å². The Morgan fingerprint density at radius 1 is 1.31 bits per heavy atom. The summed E-state index contributed by atoms with van der Waals surface area (Å²) in [7, 11) is -3.47. The number of allylic oxidation sites excluding steroid dienone is 2. The molecule has 1 aliphatic rings. The number of halogens is 1. The first kappa shape index (κ1) is 21.1.